The van der Waals surface area contributed by atoms with Gasteiger partial charge in [0.15, 0.2) is 6.10 Å². The smallest absolute Gasteiger partial charge is 0.418 e. The van der Waals surface area contributed by atoms with Gasteiger partial charge in [-0.2, -0.15) is 13.2 Å². The van der Waals surface area contributed by atoms with Gasteiger partial charge in [0.05, 0.1) is 23.5 Å². The van der Waals surface area contributed by atoms with E-state index in [1.165, 1.54) is 11.0 Å². The number of anilines is 2. The molecule has 1 aromatic carbocycles. The number of ether oxygens (including phenoxy) is 1. The predicted octanol–water partition coefficient (Wildman–Crippen LogP) is 5.91. The van der Waals surface area contributed by atoms with Crippen molar-refractivity contribution in [3.63, 3.8) is 0 Å². The largest absolute Gasteiger partial charge is 0.436 e. The van der Waals surface area contributed by atoms with E-state index in [1.807, 2.05) is 11.4 Å². The number of alkyl halides is 3. The normalized spacial score (nSPS) is 20.9. The molecule has 1 aromatic heterocycles. The van der Waals surface area contributed by atoms with E-state index < -0.39 is 35.5 Å². The number of nitrogens with zero attached hydrogens (tertiary/aromatic N) is 3. The van der Waals surface area contributed by atoms with Crippen LogP contribution in [0.15, 0.2) is 28.1 Å². The van der Waals surface area contributed by atoms with Gasteiger partial charge >= 0.3 is 18.3 Å². The van der Waals surface area contributed by atoms with Crippen LogP contribution < -0.4 is 16.4 Å². The van der Waals surface area contributed by atoms with E-state index in [1.54, 1.807) is 21.1 Å². The first kappa shape index (κ1) is 33.8. The van der Waals surface area contributed by atoms with Crippen molar-refractivity contribution in [2.24, 2.45) is 11.8 Å². The van der Waals surface area contributed by atoms with Crippen LogP contribution >= 0.6 is 27.3 Å². The lowest BCUT2D eigenvalue weighted by Crippen LogP contribution is -2.52. The minimum Gasteiger partial charge on any atom is -0.436 e. The molecule has 2 aromatic rings. The zero-order valence-corrected chi connectivity index (χ0v) is 28.4. The maximum Gasteiger partial charge on any atom is 0.418 e. The number of hydrogen-bond donors (Lipinski definition) is 3. The Bertz CT molecular complexity index is 1470. The second kappa shape index (κ2) is 14.2. The minimum atomic E-state index is -4.70. The molecule has 4 amide bonds. The van der Waals surface area contributed by atoms with Gasteiger partial charge < -0.3 is 35.8 Å². The first-order chi connectivity index (χ1) is 22.5. The second-order valence-electron chi connectivity index (χ2n) is 12.9. The number of thiophene rings is 1. The van der Waals surface area contributed by atoms with Crippen molar-refractivity contribution in [2.45, 2.75) is 69.8 Å². The third-order valence-electron chi connectivity index (χ3n) is 10.1. The highest BCUT2D eigenvalue weighted by Crippen LogP contribution is 2.39. The SMILES string of the molecule is Nc1c(Br)cc(C[C@@H](OC(=O)N2CCC(N3Cc4sccc4NC3=O)CC2)C(=O)N2CCC(C3CCNCC3)CC2)cc1C(F)(F)F. The Balaban J connectivity index is 1.13. The van der Waals surface area contributed by atoms with Crippen LogP contribution in [0.5, 0.6) is 0 Å². The first-order valence-corrected chi connectivity index (χ1v) is 17.9. The summed E-state index contributed by atoms with van der Waals surface area (Å²) in [5.74, 6) is 0.718. The number of nitrogens with one attached hydrogen (secondary N) is 2. The highest BCUT2D eigenvalue weighted by atomic mass is 79.9. The number of fused-ring (bicyclic) bond motifs is 1. The standard InChI is InChI=1S/C32H40BrF3N6O4S/c33-24-16-19(15-23(28(24)37)32(34,35)36)17-26(29(43)40-10-3-21(4-11-40)20-1-8-38-9-2-20)46-31(45)41-12-5-22(6-13-41)42-18-27-25(7-14-47-27)39-30(42)44/h7,14-16,20-22,26,38H,1-6,8-13,17-18,37H2,(H,39,44)/t26-/m1/s1. The number of carbonyl (C=O) groups is 3. The zero-order chi connectivity index (χ0) is 33.3. The number of nitrogen functional groups attached to an aromatic ring is 1. The molecule has 3 fully saturated rings. The fourth-order valence-corrected chi connectivity index (χ4v) is 8.71. The summed E-state index contributed by atoms with van der Waals surface area (Å²) in [6.07, 6.45) is -1.96. The number of urea groups is 1. The molecule has 0 radical (unpaired) electrons. The Kier molecular flexibility index (Phi) is 10.2. The molecule has 4 N–H and O–H groups in total. The molecule has 0 bridgehead atoms. The van der Waals surface area contributed by atoms with Crippen molar-refractivity contribution in [1.82, 2.24) is 20.0 Å². The fraction of sp³-hybridized carbons (Fsp3) is 0.594. The molecule has 1 atom stereocenters. The summed E-state index contributed by atoms with van der Waals surface area (Å²) in [5.41, 5.74) is 5.28. The summed E-state index contributed by atoms with van der Waals surface area (Å²) in [4.78, 5) is 46.2. The lowest BCUT2D eigenvalue weighted by atomic mass is 9.79. The van der Waals surface area contributed by atoms with Crippen molar-refractivity contribution in [3.05, 3.63) is 44.1 Å². The topological polar surface area (TPSA) is 120 Å². The Hall–Kier alpha value is -3.04. The van der Waals surface area contributed by atoms with Crippen LogP contribution in [0.25, 0.3) is 0 Å². The van der Waals surface area contributed by atoms with E-state index in [0.29, 0.717) is 57.4 Å². The van der Waals surface area contributed by atoms with Crippen molar-refractivity contribution in [2.75, 3.05) is 50.3 Å². The number of amides is 4. The second-order valence-corrected chi connectivity index (χ2v) is 14.8. The molecule has 6 rings (SSSR count). The third kappa shape index (κ3) is 7.67. The average molecular weight is 742 g/mol. The number of likely N-dealkylation sites (tertiary alicyclic amines) is 2. The molecule has 5 heterocycles. The molecule has 15 heteroatoms. The summed E-state index contributed by atoms with van der Waals surface area (Å²) in [7, 11) is 0. The van der Waals surface area contributed by atoms with Gasteiger partial charge in [0.25, 0.3) is 5.91 Å². The Morgan fingerprint density at radius 1 is 1.02 bits per heavy atom. The van der Waals surface area contributed by atoms with Gasteiger partial charge in [-0.15, -0.1) is 11.3 Å². The Labute approximate surface area is 284 Å². The first-order valence-electron chi connectivity index (χ1n) is 16.2. The van der Waals surface area contributed by atoms with E-state index in [4.69, 9.17) is 10.5 Å². The monoisotopic (exact) mass is 740 g/mol. The minimum absolute atomic E-state index is 0.0566. The lowest BCUT2D eigenvalue weighted by molar-refractivity contribution is -0.142. The van der Waals surface area contributed by atoms with Gasteiger partial charge in [0, 0.05) is 48.0 Å². The molecule has 0 aliphatic carbocycles. The van der Waals surface area contributed by atoms with E-state index in [-0.39, 0.29) is 28.5 Å². The van der Waals surface area contributed by atoms with Crippen LogP contribution in [0.3, 0.4) is 0 Å². The Morgan fingerprint density at radius 2 is 1.68 bits per heavy atom. The van der Waals surface area contributed by atoms with Crippen LogP contribution in [0.1, 0.15) is 54.5 Å². The molecular formula is C32H40BrF3N6O4S. The summed E-state index contributed by atoms with van der Waals surface area (Å²) >= 11 is 4.71. The average Bonchev–Trinajstić information content (AvgIpc) is 3.52. The predicted molar refractivity (Wildman–Crippen MR) is 176 cm³/mol. The molecule has 0 unspecified atom stereocenters. The number of carbonyl (C=O) groups excluding carboxylic acids is 3. The quantitative estimate of drug-likeness (QED) is 0.317. The maximum atomic E-state index is 13.9. The van der Waals surface area contributed by atoms with Gasteiger partial charge in [0.1, 0.15) is 0 Å². The molecule has 4 aliphatic rings. The van der Waals surface area contributed by atoms with E-state index >= 15 is 0 Å². The number of piperidine rings is 3. The third-order valence-corrected chi connectivity index (χ3v) is 11.6. The molecule has 0 spiro atoms. The highest BCUT2D eigenvalue weighted by molar-refractivity contribution is 9.10. The molecule has 47 heavy (non-hydrogen) atoms. The summed E-state index contributed by atoms with van der Waals surface area (Å²) in [6, 6.07) is 4.01. The van der Waals surface area contributed by atoms with Gasteiger partial charge in [-0.3, -0.25) is 4.79 Å². The van der Waals surface area contributed by atoms with Crippen LogP contribution in [0, 0.1) is 11.8 Å². The molecular weight excluding hydrogens is 701 g/mol. The maximum absolute atomic E-state index is 13.9. The number of benzene rings is 1. The summed E-state index contributed by atoms with van der Waals surface area (Å²) in [6.45, 7) is 4.16. The lowest BCUT2D eigenvalue weighted by Gasteiger charge is -2.40. The van der Waals surface area contributed by atoms with E-state index in [2.05, 4.69) is 26.6 Å². The molecule has 3 saturated heterocycles. The van der Waals surface area contributed by atoms with Crippen molar-refractivity contribution in [1.29, 1.82) is 0 Å². The number of halogens is 4. The van der Waals surface area contributed by atoms with Crippen molar-refractivity contribution in [3.8, 4) is 0 Å². The highest BCUT2D eigenvalue weighted by Gasteiger charge is 2.38. The molecule has 4 aliphatic heterocycles. The van der Waals surface area contributed by atoms with Gasteiger partial charge in [-0.25, -0.2) is 9.59 Å². The molecule has 10 nitrogen and oxygen atoms in total. The van der Waals surface area contributed by atoms with Crippen LogP contribution in [-0.2, 0) is 28.7 Å². The van der Waals surface area contributed by atoms with Crippen molar-refractivity contribution >= 4 is 56.7 Å². The Morgan fingerprint density at radius 3 is 2.36 bits per heavy atom. The van der Waals surface area contributed by atoms with Gasteiger partial charge in [-0.1, -0.05) is 0 Å². The number of rotatable bonds is 6. The van der Waals surface area contributed by atoms with Gasteiger partial charge in [0.2, 0.25) is 0 Å². The van der Waals surface area contributed by atoms with Crippen molar-refractivity contribution < 1.29 is 32.3 Å². The van der Waals surface area contributed by atoms with Crippen LogP contribution in [0.4, 0.5) is 34.1 Å². The van der Waals surface area contributed by atoms with Gasteiger partial charge in [-0.05, 0) is 109 Å². The van der Waals surface area contributed by atoms with E-state index in [0.717, 1.165) is 55.4 Å². The number of nitrogens with two attached hydrogens (primary N) is 1. The summed E-state index contributed by atoms with van der Waals surface area (Å²) in [5, 5.41) is 8.25. The summed E-state index contributed by atoms with van der Waals surface area (Å²) < 4.78 is 47.3. The van der Waals surface area contributed by atoms with Crippen LogP contribution in [-0.4, -0.2) is 84.1 Å². The molecule has 0 saturated carbocycles. The van der Waals surface area contributed by atoms with E-state index in [9.17, 15) is 27.6 Å². The fourth-order valence-electron chi connectivity index (χ4n) is 7.37. The number of hydrogen-bond acceptors (Lipinski definition) is 7. The zero-order valence-electron chi connectivity index (χ0n) is 26.0. The van der Waals surface area contributed by atoms with Crippen LogP contribution in [0.2, 0.25) is 0 Å². The molecule has 256 valence electrons.